The van der Waals surface area contributed by atoms with Gasteiger partial charge in [0.25, 0.3) is 0 Å². The van der Waals surface area contributed by atoms with Gasteiger partial charge in [0, 0.05) is 58.2 Å². The molecule has 1 aromatic carbocycles. The molecule has 1 N–H and O–H groups in total. The fourth-order valence-corrected chi connectivity index (χ4v) is 5.04. The van der Waals surface area contributed by atoms with E-state index in [1.54, 1.807) is 29.4 Å². The summed E-state index contributed by atoms with van der Waals surface area (Å²) in [6, 6.07) is 7.04. The smallest absolute Gasteiger partial charge is 0.206 e. The van der Waals surface area contributed by atoms with E-state index in [-0.39, 0.29) is 12.4 Å². The average molecular weight is 454 g/mol. The lowest BCUT2D eigenvalue weighted by Gasteiger charge is -2.25. The van der Waals surface area contributed by atoms with Crippen LogP contribution in [0.4, 0.5) is 4.39 Å². The zero-order valence-electron chi connectivity index (χ0n) is 18.3. The van der Waals surface area contributed by atoms with Crippen molar-refractivity contribution in [3.8, 4) is 17.3 Å². The minimum Gasteiger partial charge on any atom is -0.493 e. The van der Waals surface area contributed by atoms with Crippen molar-refractivity contribution in [3.63, 3.8) is 0 Å². The van der Waals surface area contributed by atoms with E-state index in [9.17, 15) is 4.39 Å². The zero-order chi connectivity index (χ0) is 22.8. The molecule has 0 spiro atoms. The fraction of sp³-hybridized carbons (Fsp3) is 0.200. The van der Waals surface area contributed by atoms with E-state index in [0.717, 1.165) is 39.3 Å². The van der Waals surface area contributed by atoms with Crippen molar-refractivity contribution in [1.29, 1.82) is 0 Å². The van der Waals surface area contributed by atoms with Crippen molar-refractivity contribution < 1.29 is 13.5 Å². The number of fused-ring (bicyclic) bond motifs is 5. The Kier molecular flexibility index (Phi) is 4.02. The molecule has 3 aliphatic rings. The lowest BCUT2D eigenvalue weighted by atomic mass is 9.88. The highest BCUT2D eigenvalue weighted by Crippen LogP contribution is 2.42. The van der Waals surface area contributed by atoms with E-state index in [1.807, 2.05) is 19.1 Å². The molecule has 0 radical (unpaired) electrons. The summed E-state index contributed by atoms with van der Waals surface area (Å²) in [6.07, 6.45) is 5.75. The Morgan fingerprint density at radius 1 is 1.26 bits per heavy atom. The Bertz CT molecular complexity index is 1550. The van der Waals surface area contributed by atoms with Gasteiger partial charge in [-0.05, 0) is 25.1 Å². The third-order valence-corrected chi connectivity index (χ3v) is 6.63. The van der Waals surface area contributed by atoms with E-state index < -0.39 is 0 Å². The molecule has 4 aromatic rings. The molecule has 0 bridgehead atoms. The molecule has 0 saturated heterocycles. The third-order valence-electron chi connectivity index (χ3n) is 6.63. The van der Waals surface area contributed by atoms with Crippen LogP contribution in [0.2, 0.25) is 0 Å². The van der Waals surface area contributed by atoms with Crippen LogP contribution < -0.4 is 10.1 Å². The lowest BCUT2D eigenvalue weighted by molar-refractivity contribution is 0.356. The van der Waals surface area contributed by atoms with Crippen LogP contribution >= 0.6 is 0 Å². The molecular weight excluding hydrogens is 435 g/mol. The number of pyridine rings is 1. The molecule has 6 heterocycles. The first-order valence-electron chi connectivity index (χ1n) is 11.1. The van der Waals surface area contributed by atoms with Gasteiger partial charge in [-0.2, -0.15) is 0 Å². The molecule has 0 aliphatic carbocycles. The van der Waals surface area contributed by atoms with Crippen molar-refractivity contribution >= 4 is 11.4 Å². The van der Waals surface area contributed by atoms with Crippen molar-refractivity contribution in [2.24, 2.45) is 4.99 Å². The summed E-state index contributed by atoms with van der Waals surface area (Å²) < 4.78 is 28.3. The topological polar surface area (TPSA) is 90.4 Å². The number of rotatable bonds is 2. The average Bonchev–Trinajstić information content (AvgIpc) is 3.59. The molecule has 3 aromatic heterocycles. The number of furan rings is 1. The Morgan fingerprint density at radius 3 is 3.15 bits per heavy atom. The third kappa shape index (κ3) is 2.63. The Balaban J connectivity index is 1.49. The van der Waals surface area contributed by atoms with Crippen molar-refractivity contribution in [2.45, 2.75) is 26.4 Å². The number of allylic oxidation sites excluding steroid dienone is 1. The molecular formula is C25H19FN6O2. The van der Waals surface area contributed by atoms with Gasteiger partial charge in [0.15, 0.2) is 11.6 Å². The normalized spacial score (nSPS) is 16.7. The van der Waals surface area contributed by atoms with Crippen LogP contribution in [0.1, 0.15) is 40.4 Å². The summed E-state index contributed by atoms with van der Waals surface area (Å²) >= 11 is 0. The predicted octanol–water partition coefficient (Wildman–Crippen LogP) is 3.70. The largest absolute Gasteiger partial charge is 0.493 e. The highest BCUT2D eigenvalue weighted by molar-refractivity contribution is 6.08. The van der Waals surface area contributed by atoms with Crippen LogP contribution in [0.25, 0.3) is 17.2 Å². The number of hydrogen-bond donors (Lipinski definition) is 1. The summed E-state index contributed by atoms with van der Waals surface area (Å²) in [5, 5.41) is 12.0. The number of aromatic nitrogens is 4. The number of nitrogens with zero attached hydrogens (tertiary/aromatic N) is 5. The van der Waals surface area contributed by atoms with Gasteiger partial charge in [-0.1, -0.05) is 6.07 Å². The predicted molar refractivity (Wildman–Crippen MR) is 122 cm³/mol. The number of hydrogen-bond acceptors (Lipinski definition) is 7. The molecule has 3 aliphatic heterocycles. The zero-order valence-corrected chi connectivity index (χ0v) is 18.3. The summed E-state index contributed by atoms with van der Waals surface area (Å²) in [4.78, 5) is 9.61. The highest BCUT2D eigenvalue weighted by Gasteiger charge is 2.33. The first-order valence-corrected chi connectivity index (χ1v) is 11.1. The standard InChI is InChI=1S/C25H19FN6O2/c1-13-20-16-3-2-7-27-22(16)24(29-10-17-15-6-8-33-19(15)5-4-18(17)26)32-12-30-31-25(32)23-21(20)14(9-28-13)11-34-23/h2-5,7,11-12,28H,6,8-10H2,1H3. The molecule has 0 fully saturated rings. The minimum atomic E-state index is -0.294. The summed E-state index contributed by atoms with van der Waals surface area (Å²) in [6.45, 7) is 3.39. The van der Waals surface area contributed by atoms with E-state index in [1.165, 1.54) is 6.07 Å². The van der Waals surface area contributed by atoms with E-state index in [0.29, 0.717) is 48.3 Å². The molecule has 0 unspecified atom stereocenters. The van der Waals surface area contributed by atoms with Crippen LogP contribution in [-0.2, 0) is 19.5 Å². The molecule has 7 rings (SSSR count). The van der Waals surface area contributed by atoms with Crippen LogP contribution in [0, 0.1) is 5.82 Å². The minimum absolute atomic E-state index is 0.133. The molecule has 8 nitrogen and oxygen atoms in total. The quantitative estimate of drug-likeness (QED) is 0.438. The van der Waals surface area contributed by atoms with Crippen LogP contribution in [-0.4, -0.2) is 32.2 Å². The number of nitrogens with one attached hydrogen (secondary N) is 1. The van der Waals surface area contributed by atoms with Crippen LogP contribution in [0.15, 0.2) is 58.2 Å². The van der Waals surface area contributed by atoms with Gasteiger partial charge in [-0.15, -0.1) is 10.2 Å². The lowest BCUT2D eigenvalue weighted by Crippen LogP contribution is -2.24. The molecule has 0 saturated carbocycles. The van der Waals surface area contributed by atoms with E-state index >= 15 is 0 Å². The number of ether oxygens (including phenoxy) is 1. The van der Waals surface area contributed by atoms with Gasteiger partial charge < -0.3 is 14.5 Å². The summed E-state index contributed by atoms with van der Waals surface area (Å²) in [7, 11) is 0. The van der Waals surface area contributed by atoms with Crippen LogP contribution in [0.5, 0.6) is 5.75 Å². The van der Waals surface area contributed by atoms with Gasteiger partial charge in [0.2, 0.25) is 5.82 Å². The van der Waals surface area contributed by atoms with Gasteiger partial charge >= 0.3 is 0 Å². The maximum Gasteiger partial charge on any atom is 0.206 e. The van der Waals surface area contributed by atoms with Crippen molar-refractivity contribution in [2.75, 3.05) is 6.61 Å². The van der Waals surface area contributed by atoms with E-state index in [4.69, 9.17) is 19.1 Å². The maximum atomic E-state index is 14.8. The number of halogens is 1. The second kappa shape index (κ2) is 7.11. The van der Waals surface area contributed by atoms with E-state index in [2.05, 4.69) is 15.5 Å². The fourth-order valence-electron chi connectivity index (χ4n) is 5.04. The SMILES string of the molecule is CC1=C2c3cccnc3C(=NCc3c(F)ccc4c3CCO4)n3cnnc3-c3occ(c32)CN1. The monoisotopic (exact) mass is 454 g/mol. The number of aliphatic imine (C=N–C) groups is 1. The van der Waals surface area contributed by atoms with Crippen LogP contribution in [0.3, 0.4) is 0 Å². The molecule has 0 atom stereocenters. The highest BCUT2D eigenvalue weighted by atomic mass is 19.1. The molecule has 168 valence electrons. The van der Waals surface area contributed by atoms with Crippen molar-refractivity contribution in [3.05, 3.63) is 88.1 Å². The first kappa shape index (κ1) is 19.2. The Labute approximate surface area is 193 Å². The Morgan fingerprint density at radius 2 is 2.21 bits per heavy atom. The summed E-state index contributed by atoms with van der Waals surface area (Å²) in [5.41, 5.74) is 7.03. The molecule has 0 amide bonds. The summed E-state index contributed by atoms with van der Waals surface area (Å²) in [5.74, 6) is 2.12. The number of benzene rings is 1. The molecule has 34 heavy (non-hydrogen) atoms. The second-order valence-electron chi connectivity index (χ2n) is 8.48. The first-order chi connectivity index (χ1) is 16.7. The van der Waals surface area contributed by atoms with Gasteiger partial charge in [0.1, 0.15) is 23.6 Å². The van der Waals surface area contributed by atoms with Gasteiger partial charge in [-0.25, -0.2) is 4.39 Å². The van der Waals surface area contributed by atoms with Gasteiger partial charge in [0.05, 0.1) is 19.4 Å². The second-order valence-corrected chi connectivity index (χ2v) is 8.48. The Hall–Kier alpha value is -4.27. The maximum absolute atomic E-state index is 14.8. The van der Waals surface area contributed by atoms with Crippen molar-refractivity contribution in [1.82, 2.24) is 25.1 Å². The van der Waals surface area contributed by atoms with Gasteiger partial charge in [-0.3, -0.25) is 14.5 Å². The molecule has 9 heteroatoms.